The van der Waals surface area contributed by atoms with Crippen molar-refractivity contribution in [2.24, 2.45) is 5.73 Å². The van der Waals surface area contributed by atoms with E-state index >= 15 is 0 Å². The molecule has 2 aromatic heterocycles. The first-order valence-electron chi connectivity index (χ1n) is 8.55. The van der Waals surface area contributed by atoms with Gasteiger partial charge in [0, 0.05) is 19.8 Å². The van der Waals surface area contributed by atoms with Gasteiger partial charge in [-0.25, -0.2) is 4.98 Å². The normalized spacial score (nSPS) is 12.4. The van der Waals surface area contributed by atoms with Crippen LogP contribution in [-0.2, 0) is 0 Å². The van der Waals surface area contributed by atoms with Crippen molar-refractivity contribution in [1.82, 2.24) is 19.9 Å². The maximum atomic E-state index is 6.13. The van der Waals surface area contributed by atoms with Crippen LogP contribution in [0.5, 0.6) is 0 Å². The Hall–Kier alpha value is -3.52. The minimum atomic E-state index is -0.106. The Morgan fingerprint density at radius 2 is 1.74 bits per heavy atom. The van der Waals surface area contributed by atoms with Gasteiger partial charge in [0.2, 0.25) is 11.9 Å². The van der Waals surface area contributed by atoms with E-state index in [1.54, 1.807) is 6.20 Å². The van der Waals surface area contributed by atoms with Crippen molar-refractivity contribution in [2.75, 3.05) is 30.0 Å². The zero-order chi connectivity index (χ0) is 19.0. The van der Waals surface area contributed by atoms with E-state index in [9.17, 15) is 0 Å². The number of likely N-dealkylation sites (N-methyl/N-ethyl adjacent to an activating group) is 1. The number of anilines is 3. The molecule has 8 heteroatoms. The molecule has 4 aromatic rings. The van der Waals surface area contributed by atoms with Crippen LogP contribution in [-0.4, -0.2) is 33.5 Å². The maximum Gasteiger partial charge on any atom is 0.227 e. The largest absolute Gasteiger partial charge is 0.383 e. The van der Waals surface area contributed by atoms with Gasteiger partial charge in [-0.15, -0.1) is 0 Å². The Kier molecular flexibility index (Phi) is 4.17. The number of nitrogens with zero attached hydrogens (tertiary/aromatic N) is 5. The number of nitrogens with two attached hydrogens (primary N) is 3. The summed E-state index contributed by atoms with van der Waals surface area (Å²) >= 11 is 0. The molecule has 0 amide bonds. The molecule has 0 aliphatic rings. The molecule has 1 unspecified atom stereocenters. The monoisotopic (exact) mass is 360 g/mol. The molecule has 0 aliphatic heterocycles. The van der Waals surface area contributed by atoms with Gasteiger partial charge in [-0.1, -0.05) is 42.5 Å². The fourth-order valence-electron chi connectivity index (χ4n) is 3.29. The minimum Gasteiger partial charge on any atom is -0.383 e. The third-order valence-electron chi connectivity index (χ3n) is 4.68. The molecule has 0 fully saturated rings. The molecule has 2 heterocycles. The molecular formula is C19H20N8. The third kappa shape index (κ3) is 2.96. The summed E-state index contributed by atoms with van der Waals surface area (Å²) in [6.07, 6.45) is 1.61. The van der Waals surface area contributed by atoms with E-state index in [1.165, 1.54) is 0 Å². The Morgan fingerprint density at radius 3 is 2.56 bits per heavy atom. The fraction of sp³-hybridized carbons (Fsp3) is 0.158. The summed E-state index contributed by atoms with van der Waals surface area (Å²) in [5, 5.41) is 2.88. The zero-order valence-corrected chi connectivity index (χ0v) is 14.9. The van der Waals surface area contributed by atoms with Crippen LogP contribution in [0.3, 0.4) is 0 Å². The van der Waals surface area contributed by atoms with E-state index in [1.807, 2.05) is 30.1 Å². The second-order valence-corrected chi connectivity index (χ2v) is 6.31. The first-order chi connectivity index (χ1) is 13.1. The molecule has 27 heavy (non-hydrogen) atoms. The van der Waals surface area contributed by atoms with E-state index < -0.39 is 0 Å². The average Bonchev–Trinajstić information content (AvgIpc) is 2.68. The zero-order valence-electron chi connectivity index (χ0n) is 14.9. The van der Waals surface area contributed by atoms with Gasteiger partial charge in [0.05, 0.1) is 11.4 Å². The highest BCUT2D eigenvalue weighted by Gasteiger charge is 2.21. The lowest BCUT2D eigenvalue weighted by Gasteiger charge is -2.28. The molecule has 4 rings (SSSR count). The second-order valence-electron chi connectivity index (χ2n) is 6.31. The van der Waals surface area contributed by atoms with Crippen molar-refractivity contribution >= 4 is 39.5 Å². The number of hydrogen-bond donors (Lipinski definition) is 3. The smallest absolute Gasteiger partial charge is 0.227 e. The van der Waals surface area contributed by atoms with Crippen LogP contribution in [0.25, 0.3) is 21.8 Å². The van der Waals surface area contributed by atoms with Crippen molar-refractivity contribution < 1.29 is 0 Å². The highest BCUT2D eigenvalue weighted by atomic mass is 15.3. The van der Waals surface area contributed by atoms with Gasteiger partial charge in [-0.2, -0.15) is 15.0 Å². The number of aromatic nitrogens is 4. The van der Waals surface area contributed by atoms with E-state index in [-0.39, 0.29) is 17.8 Å². The van der Waals surface area contributed by atoms with Crippen molar-refractivity contribution in [1.29, 1.82) is 0 Å². The Bertz CT molecular complexity index is 1120. The standard InChI is InChI=1S/C19H20N8/c1-27(19-23-10-14-16(21)24-18(22)25-17(14)26-19)15(9-20)13-8-4-6-11-5-2-3-7-12(11)13/h2-8,10,15H,9,20H2,1H3,(H4,21,22,23,24,25,26). The van der Waals surface area contributed by atoms with E-state index in [0.717, 1.165) is 16.3 Å². The van der Waals surface area contributed by atoms with E-state index in [4.69, 9.17) is 17.2 Å². The van der Waals surface area contributed by atoms with Crippen LogP contribution in [0.15, 0.2) is 48.7 Å². The first-order valence-corrected chi connectivity index (χ1v) is 8.55. The summed E-state index contributed by atoms with van der Waals surface area (Å²) in [5.74, 6) is 0.830. The quantitative estimate of drug-likeness (QED) is 0.502. The van der Waals surface area contributed by atoms with Crippen molar-refractivity contribution in [3.63, 3.8) is 0 Å². The Balaban J connectivity index is 1.80. The molecule has 0 bridgehead atoms. The summed E-state index contributed by atoms with van der Waals surface area (Å²) in [4.78, 5) is 19.0. The average molecular weight is 360 g/mol. The molecule has 2 aromatic carbocycles. The number of benzene rings is 2. The van der Waals surface area contributed by atoms with Gasteiger partial charge in [0.15, 0.2) is 5.65 Å². The van der Waals surface area contributed by atoms with Gasteiger partial charge in [-0.3, -0.25) is 0 Å². The van der Waals surface area contributed by atoms with Crippen molar-refractivity contribution in [2.45, 2.75) is 6.04 Å². The van der Waals surface area contributed by atoms with Crippen LogP contribution < -0.4 is 22.1 Å². The molecule has 136 valence electrons. The fourth-order valence-corrected chi connectivity index (χ4v) is 3.29. The van der Waals surface area contributed by atoms with Gasteiger partial charge < -0.3 is 22.1 Å². The van der Waals surface area contributed by atoms with E-state index in [2.05, 4.69) is 44.2 Å². The number of hydrogen-bond acceptors (Lipinski definition) is 8. The molecule has 0 radical (unpaired) electrons. The van der Waals surface area contributed by atoms with Gasteiger partial charge >= 0.3 is 0 Å². The Labute approximate surface area is 156 Å². The highest BCUT2D eigenvalue weighted by Crippen LogP contribution is 2.29. The molecule has 1 atom stereocenters. The van der Waals surface area contributed by atoms with Crippen molar-refractivity contribution in [3.05, 3.63) is 54.2 Å². The molecule has 0 saturated heterocycles. The van der Waals surface area contributed by atoms with Crippen molar-refractivity contribution in [3.8, 4) is 0 Å². The minimum absolute atomic E-state index is 0.0803. The first kappa shape index (κ1) is 16.9. The SMILES string of the molecule is CN(c1ncc2c(N)nc(N)nc2n1)C(CN)c1cccc2ccccc12. The topological polar surface area (TPSA) is 133 Å². The maximum absolute atomic E-state index is 6.13. The summed E-state index contributed by atoms with van der Waals surface area (Å²) in [5.41, 5.74) is 19.2. The molecule has 6 N–H and O–H groups in total. The lowest BCUT2D eigenvalue weighted by Crippen LogP contribution is -2.32. The van der Waals surface area contributed by atoms with Crippen LogP contribution in [0.1, 0.15) is 11.6 Å². The summed E-state index contributed by atoms with van der Waals surface area (Å²) in [6.45, 7) is 0.403. The number of rotatable bonds is 4. The van der Waals surface area contributed by atoms with Crippen LogP contribution in [0, 0.1) is 0 Å². The summed E-state index contributed by atoms with van der Waals surface area (Å²) < 4.78 is 0. The number of fused-ring (bicyclic) bond motifs is 2. The van der Waals surface area contributed by atoms with Crippen LogP contribution >= 0.6 is 0 Å². The van der Waals surface area contributed by atoms with Crippen LogP contribution in [0.4, 0.5) is 17.7 Å². The molecule has 0 aliphatic carbocycles. The molecule has 0 saturated carbocycles. The lowest BCUT2D eigenvalue weighted by atomic mass is 9.98. The number of nitrogen functional groups attached to an aromatic ring is 2. The predicted molar refractivity (Wildman–Crippen MR) is 108 cm³/mol. The second kappa shape index (κ2) is 6.65. The van der Waals surface area contributed by atoms with E-state index in [0.29, 0.717) is 23.5 Å². The third-order valence-corrected chi connectivity index (χ3v) is 4.68. The van der Waals surface area contributed by atoms with Gasteiger partial charge in [-0.05, 0) is 16.3 Å². The summed E-state index contributed by atoms with van der Waals surface area (Å²) in [6, 6.07) is 14.3. The lowest BCUT2D eigenvalue weighted by molar-refractivity contribution is 0.669. The van der Waals surface area contributed by atoms with Gasteiger partial charge in [0.1, 0.15) is 5.82 Å². The Morgan fingerprint density at radius 1 is 0.963 bits per heavy atom. The highest BCUT2D eigenvalue weighted by molar-refractivity contribution is 5.87. The molecule has 0 spiro atoms. The molecular weight excluding hydrogens is 340 g/mol. The van der Waals surface area contributed by atoms with Crippen LogP contribution in [0.2, 0.25) is 0 Å². The molecule has 8 nitrogen and oxygen atoms in total. The predicted octanol–water partition coefficient (Wildman–Crippen LogP) is 1.87. The van der Waals surface area contributed by atoms with Gasteiger partial charge in [0.25, 0.3) is 0 Å². The summed E-state index contributed by atoms with van der Waals surface area (Å²) in [7, 11) is 1.91.